The number of rotatable bonds is 9. The molecule has 1 aliphatic heterocycles. The second kappa shape index (κ2) is 12.5. The van der Waals surface area contributed by atoms with Gasteiger partial charge in [-0.2, -0.15) is 0 Å². The molecule has 0 unspecified atom stereocenters. The molecule has 4 heterocycles. The van der Waals surface area contributed by atoms with E-state index in [1.165, 1.54) is 19.4 Å². The van der Waals surface area contributed by atoms with Gasteiger partial charge in [-0.3, -0.25) is 4.98 Å². The standard InChI is InChI=1S/C31H22BrF5N4O4/c1-43-31(42)16-7-24(37)29-27(8-16)41(13-18-4-5-44-18)28(40-29)9-15-6-22(35)19(11-21(15)34)25-3-2-20(33)30(39-25)45-14-26-23(36)10-17(32)12-38-26/h2-3,6-8,10-12,18H,4-5,9,13-14H2,1H3/t18-/m0/s1. The second-order valence-corrected chi connectivity index (χ2v) is 11.1. The van der Waals surface area contributed by atoms with Gasteiger partial charge in [0.05, 0.1) is 36.5 Å². The molecule has 1 fully saturated rings. The summed E-state index contributed by atoms with van der Waals surface area (Å²) < 4.78 is 92.1. The van der Waals surface area contributed by atoms with E-state index in [4.69, 9.17) is 14.2 Å². The first kappa shape index (κ1) is 30.6. The van der Waals surface area contributed by atoms with E-state index in [0.717, 1.165) is 42.8 Å². The molecule has 5 aromatic rings. The van der Waals surface area contributed by atoms with Gasteiger partial charge in [0, 0.05) is 29.3 Å². The Hall–Kier alpha value is -4.43. The van der Waals surface area contributed by atoms with Crippen molar-refractivity contribution in [1.82, 2.24) is 19.5 Å². The van der Waals surface area contributed by atoms with Crippen molar-refractivity contribution in [1.29, 1.82) is 0 Å². The van der Waals surface area contributed by atoms with Crippen LogP contribution in [0.5, 0.6) is 5.88 Å². The van der Waals surface area contributed by atoms with Crippen LogP contribution in [0.15, 0.2) is 53.1 Å². The lowest BCUT2D eigenvalue weighted by Gasteiger charge is -2.27. The summed E-state index contributed by atoms with van der Waals surface area (Å²) in [5, 5.41) is 0. The number of aromatic nitrogens is 4. The number of pyridine rings is 2. The Morgan fingerprint density at radius 3 is 2.51 bits per heavy atom. The SMILES string of the molecule is COC(=O)c1cc(F)c2nc(Cc3cc(F)c(-c4ccc(F)c(OCc5ncc(Br)cc5F)n4)cc3F)n(C[C@@H]3CCO3)c2c1. The second-order valence-electron chi connectivity index (χ2n) is 10.2. The zero-order valence-electron chi connectivity index (χ0n) is 23.4. The number of hydrogen-bond acceptors (Lipinski definition) is 7. The molecule has 0 spiro atoms. The maximum absolute atomic E-state index is 15.5. The smallest absolute Gasteiger partial charge is 0.338 e. The number of ether oxygens (including phenoxy) is 3. The number of esters is 1. The van der Waals surface area contributed by atoms with Crippen molar-refractivity contribution in [2.75, 3.05) is 13.7 Å². The van der Waals surface area contributed by atoms with E-state index in [2.05, 4.69) is 30.9 Å². The summed E-state index contributed by atoms with van der Waals surface area (Å²) in [6, 6.07) is 7.58. The minimum Gasteiger partial charge on any atom is -0.469 e. The van der Waals surface area contributed by atoms with Gasteiger partial charge in [-0.25, -0.2) is 36.7 Å². The molecule has 0 N–H and O–H groups in total. The highest BCUT2D eigenvalue weighted by Crippen LogP contribution is 2.30. The number of nitrogens with zero attached hydrogens (tertiary/aromatic N) is 4. The Kier molecular flexibility index (Phi) is 8.51. The van der Waals surface area contributed by atoms with E-state index >= 15 is 13.2 Å². The Bertz CT molecular complexity index is 1950. The molecule has 1 atom stereocenters. The minimum atomic E-state index is -0.897. The summed E-state index contributed by atoms with van der Waals surface area (Å²) in [7, 11) is 1.17. The highest BCUT2D eigenvalue weighted by atomic mass is 79.9. The molecule has 14 heteroatoms. The van der Waals surface area contributed by atoms with Gasteiger partial charge in [-0.1, -0.05) is 0 Å². The predicted octanol–water partition coefficient (Wildman–Crippen LogP) is 6.70. The number of halogens is 6. The number of imidazole rings is 1. The molecule has 0 aliphatic carbocycles. The lowest BCUT2D eigenvalue weighted by molar-refractivity contribution is -0.0589. The molecule has 2 aromatic carbocycles. The zero-order chi connectivity index (χ0) is 31.8. The first-order valence-electron chi connectivity index (χ1n) is 13.6. The molecular formula is C31H22BrF5N4O4. The van der Waals surface area contributed by atoms with E-state index in [1.807, 2.05) is 0 Å². The van der Waals surface area contributed by atoms with Gasteiger partial charge in [-0.05, 0) is 70.4 Å². The molecule has 1 saturated heterocycles. The first-order valence-corrected chi connectivity index (χ1v) is 14.4. The van der Waals surface area contributed by atoms with E-state index in [0.29, 0.717) is 11.1 Å². The summed E-state index contributed by atoms with van der Waals surface area (Å²) in [4.78, 5) is 24.3. The number of carbonyl (C=O) groups excluding carboxylic acids is 1. The van der Waals surface area contributed by atoms with Crippen LogP contribution in [0, 0.1) is 29.1 Å². The van der Waals surface area contributed by atoms with Crippen LogP contribution in [0.2, 0.25) is 0 Å². The maximum atomic E-state index is 15.5. The number of carbonyl (C=O) groups is 1. The van der Waals surface area contributed by atoms with Crippen LogP contribution in [0.4, 0.5) is 22.0 Å². The monoisotopic (exact) mass is 688 g/mol. The highest BCUT2D eigenvalue weighted by Gasteiger charge is 2.25. The van der Waals surface area contributed by atoms with Crippen LogP contribution < -0.4 is 4.74 Å². The van der Waals surface area contributed by atoms with Crippen LogP contribution >= 0.6 is 15.9 Å². The summed E-state index contributed by atoms with van der Waals surface area (Å²) >= 11 is 3.09. The van der Waals surface area contributed by atoms with Gasteiger partial charge in [0.1, 0.15) is 41.1 Å². The van der Waals surface area contributed by atoms with Gasteiger partial charge in [0.25, 0.3) is 5.88 Å². The number of methoxy groups -OCH3 is 1. The van der Waals surface area contributed by atoms with Crippen molar-refractivity contribution in [2.24, 2.45) is 0 Å². The van der Waals surface area contributed by atoms with E-state index in [1.54, 1.807) is 4.57 Å². The first-order chi connectivity index (χ1) is 21.6. The van der Waals surface area contributed by atoms with Gasteiger partial charge in [0.2, 0.25) is 0 Å². The van der Waals surface area contributed by atoms with Crippen molar-refractivity contribution in [3.63, 3.8) is 0 Å². The van der Waals surface area contributed by atoms with Crippen LogP contribution in [0.1, 0.15) is 33.9 Å². The van der Waals surface area contributed by atoms with Crippen LogP contribution in [-0.2, 0) is 29.0 Å². The molecule has 232 valence electrons. The van der Waals surface area contributed by atoms with Gasteiger partial charge in [0.15, 0.2) is 11.6 Å². The average molecular weight is 689 g/mol. The fourth-order valence-electron chi connectivity index (χ4n) is 4.89. The Morgan fingerprint density at radius 2 is 1.80 bits per heavy atom. The highest BCUT2D eigenvalue weighted by molar-refractivity contribution is 9.10. The largest absolute Gasteiger partial charge is 0.469 e. The van der Waals surface area contributed by atoms with Gasteiger partial charge < -0.3 is 18.8 Å². The zero-order valence-corrected chi connectivity index (χ0v) is 25.0. The lowest BCUT2D eigenvalue weighted by Crippen LogP contribution is -2.31. The quantitative estimate of drug-likeness (QED) is 0.126. The minimum absolute atomic E-state index is 0.0281. The number of benzene rings is 2. The van der Waals surface area contributed by atoms with Crippen LogP contribution in [0.25, 0.3) is 22.3 Å². The Labute approximate surface area is 260 Å². The van der Waals surface area contributed by atoms with Crippen molar-refractivity contribution in [3.8, 4) is 17.1 Å². The summed E-state index contributed by atoms with van der Waals surface area (Å²) in [6.07, 6.45) is 1.65. The molecule has 0 saturated carbocycles. The third-order valence-electron chi connectivity index (χ3n) is 7.29. The Morgan fingerprint density at radius 1 is 1.00 bits per heavy atom. The normalized spacial score (nSPS) is 14.4. The molecular weight excluding hydrogens is 667 g/mol. The molecule has 3 aromatic heterocycles. The fraction of sp³-hybridized carbons (Fsp3) is 0.226. The van der Waals surface area contributed by atoms with Crippen LogP contribution in [0.3, 0.4) is 0 Å². The van der Waals surface area contributed by atoms with Gasteiger partial charge >= 0.3 is 5.97 Å². The summed E-state index contributed by atoms with van der Waals surface area (Å²) in [5.41, 5.74) is -0.409. The summed E-state index contributed by atoms with van der Waals surface area (Å²) in [6.45, 7) is 0.342. The molecule has 6 rings (SSSR count). The van der Waals surface area contributed by atoms with Crippen molar-refractivity contribution in [3.05, 3.63) is 105 Å². The fourth-order valence-corrected chi connectivity index (χ4v) is 5.19. The molecule has 1 aliphatic rings. The third kappa shape index (κ3) is 6.25. The van der Waals surface area contributed by atoms with Gasteiger partial charge in [-0.15, -0.1) is 0 Å². The van der Waals surface area contributed by atoms with Crippen molar-refractivity contribution in [2.45, 2.75) is 32.1 Å². The number of hydrogen-bond donors (Lipinski definition) is 0. The maximum Gasteiger partial charge on any atom is 0.338 e. The Balaban J connectivity index is 1.31. The van der Waals surface area contributed by atoms with Crippen molar-refractivity contribution >= 4 is 32.9 Å². The number of fused-ring (bicyclic) bond motifs is 1. The third-order valence-corrected chi connectivity index (χ3v) is 7.72. The summed E-state index contributed by atoms with van der Waals surface area (Å²) in [5.74, 6) is -5.14. The van der Waals surface area contributed by atoms with Crippen molar-refractivity contribution < 1.29 is 41.0 Å². The molecule has 0 bridgehead atoms. The predicted molar refractivity (Wildman–Crippen MR) is 154 cm³/mol. The van der Waals surface area contributed by atoms with Crippen LogP contribution in [-0.4, -0.2) is 45.3 Å². The molecule has 45 heavy (non-hydrogen) atoms. The molecule has 8 nitrogen and oxygen atoms in total. The molecule has 0 amide bonds. The van der Waals surface area contributed by atoms with E-state index in [-0.39, 0.29) is 64.0 Å². The van der Waals surface area contributed by atoms with E-state index < -0.39 is 47.5 Å². The lowest BCUT2D eigenvalue weighted by atomic mass is 10.0. The topological polar surface area (TPSA) is 88.4 Å². The van der Waals surface area contributed by atoms with E-state index in [9.17, 15) is 13.6 Å². The molecule has 0 radical (unpaired) electrons. The average Bonchev–Trinajstić information content (AvgIpc) is 3.33.